The third kappa shape index (κ3) is 4.18. The molecule has 1 aliphatic heterocycles. The van der Waals surface area contributed by atoms with Crippen molar-refractivity contribution in [2.24, 2.45) is 5.92 Å². The van der Waals surface area contributed by atoms with Gasteiger partial charge in [0, 0.05) is 6.42 Å². The number of carbonyl (C=O) groups is 1. The molecular weight excluding hydrogens is 242 g/mol. The van der Waals surface area contributed by atoms with Crippen LogP contribution in [0.2, 0.25) is 0 Å². The Morgan fingerprint density at radius 1 is 1.32 bits per heavy atom. The van der Waals surface area contributed by atoms with Gasteiger partial charge in [0.25, 0.3) is 0 Å². The molecule has 1 saturated heterocycles. The van der Waals surface area contributed by atoms with Gasteiger partial charge in [0.2, 0.25) is 5.91 Å². The van der Waals surface area contributed by atoms with Gasteiger partial charge < -0.3 is 15.2 Å². The van der Waals surface area contributed by atoms with Crippen LogP contribution in [0.25, 0.3) is 0 Å². The molecule has 1 heterocycles. The van der Waals surface area contributed by atoms with Crippen molar-refractivity contribution in [1.82, 2.24) is 5.32 Å². The summed E-state index contributed by atoms with van der Waals surface area (Å²) in [5.41, 5.74) is 0. The van der Waals surface area contributed by atoms with E-state index in [1.54, 1.807) is 0 Å². The smallest absolute Gasteiger partial charge is 0.220 e. The number of ether oxygens (including phenoxy) is 1. The Morgan fingerprint density at radius 3 is 2.74 bits per heavy atom. The number of hydrogen-bond acceptors (Lipinski definition) is 3. The van der Waals surface area contributed by atoms with E-state index in [9.17, 15) is 9.90 Å². The summed E-state index contributed by atoms with van der Waals surface area (Å²) in [5.74, 6) is 0.796. The molecular formula is C15H27NO3. The van der Waals surface area contributed by atoms with Gasteiger partial charge in [0.1, 0.15) is 6.10 Å². The fraction of sp³-hybridized carbons (Fsp3) is 0.933. The van der Waals surface area contributed by atoms with Crippen molar-refractivity contribution in [2.45, 2.75) is 76.5 Å². The van der Waals surface area contributed by atoms with E-state index in [0.717, 1.165) is 18.8 Å². The Labute approximate surface area is 115 Å². The van der Waals surface area contributed by atoms with E-state index in [-0.39, 0.29) is 18.1 Å². The number of aliphatic hydroxyl groups excluding tert-OH is 1. The molecule has 0 radical (unpaired) electrons. The molecule has 0 aromatic rings. The summed E-state index contributed by atoms with van der Waals surface area (Å²) in [4.78, 5) is 12.0. The number of nitrogens with one attached hydrogen (secondary N) is 1. The minimum Gasteiger partial charge on any atom is -0.388 e. The van der Waals surface area contributed by atoms with Crippen LogP contribution < -0.4 is 5.32 Å². The predicted octanol–water partition coefficient (Wildman–Crippen LogP) is 2.00. The lowest BCUT2D eigenvalue weighted by molar-refractivity contribution is -0.123. The van der Waals surface area contributed by atoms with E-state index >= 15 is 0 Å². The lowest BCUT2D eigenvalue weighted by Crippen LogP contribution is -2.46. The van der Waals surface area contributed by atoms with E-state index in [0.29, 0.717) is 13.0 Å². The molecule has 1 amide bonds. The molecule has 4 nitrogen and oxygen atoms in total. The summed E-state index contributed by atoms with van der Waals surface area (Å²) in [5, 5.41) is 12.8. The summed E-state index contributed by atoms with van der Waals surface area (Å²) in [6, 6.07) is -0.219. The average Bonchev–Trinajstić information content (AvgIpc) is 2.78. The minimum atomic E-state index is -0.552. The zero-order chi connectivity index (χ0) is 13.7. The lowest BCUT2D eigenvalue weighted by Gasteiger charge is -2.23. The normalized spacial score (nSPS) is 32.4. The van der Waals surface area contributed by atoms with Crippen LogP contribution in [0.15, 0.2) is 0 Å². The second kappa shape index (κ2) is 7.25. The molecule has 110 valence electrons. The predicted molar refractivity (Wildman–Crippen MR) is 73.8 cm³/mol. The molecule has 0 aromatic heterocycles. The van der Waals surface area contributed by atoms with Crippen molar-refractivity contribution in [2.75, 3.05) is 6.61 Å². The summed E-state index contributed by atoms with van der Waals surface area (Å²) < 4.78 is 5.46. The van der Waals surface area contributed by atoms with Crippen LogP contribution in [0.1, 0.15) is 58.3 Å². The number of aliphatic hydroxyl groups is 1. The van der Waals surface area contributed by atoms with Gasteiger partial charge in [-0.3, -0.25) is 4.79 Å². The van der Waals surface area contributed by atoms with Crippen molar-refractivity contribution < 1.29 is 14.6 Å². The molecule has 0 spiro atoms. The van der Waals surface area contributed by atoms with Gasteiger partial charge in [-0.2, -0.15) is 0 Å². The van der Waals surface area contributed by atoms with Gasteiger partial charge in [-0.1, -0.05) is 39.0 Å². The molecule has 0 bridgehead atoms. The molecule has 19 heavy (non-hydrogen) atoms. The standard InChI is InChI=1S/C15H27NO3/c1-2-13-15(12(17)10-19-13)16-14(18)9-8-11-6-4-3-5-7-11/h11-13,15,17H,2-10H2,1H3,(H,16,18)/t12?,13-,15-/m0/s1. The van der Waals surface area contributed by atoms with Crippen LogP contribution in [0, 0.1) is 5.92 Å². The van der Waals surface area contributed by atoms with Crippen molar-refractivity contribution >= 4 is 5.91 Å². The first-order valence-electron chi connectivity index (χ1n) is 7.79. The van der Waals surface area contributed by atoms with E-state index in [2.05, 4.69) is 5.32 Å². The lowest BCUT2D eigenvalue weighted by atomic mass is 9.86. The van der Waals surface area contributed by atoms with Crippen LogP contribution >= 0.6 is 0 Å². The quantitative estimate of drug-likeness (QED) is 0.802. The summed E-state index contributed by atoms with van der Waals surface area (Å²) >= 11 is 0. The van der Waals surface area contributed by atoms with Gasteiger partial charge in [0.15, 0.2) is 0 Å². The van der Waals surface area contributed by atoms with E-state index in [1.165, 1.54) is 32.1 Å². The number of rotatable bonds is 5. The fourth-order valence-corrected chi connectivity index (χ4v) is 3.31. The van der Waals surface area contributed by atoms with Crippen LogP contribution in [-0.2, 0) is 9.53 Å². The monoisotopic (exact) mass is 269 g/mol. The van der Waals surface area contributed by atoms with Crippen molar-refractivity contribution in [1.29, 1.82) is 0 Å². The Kier molecular flexibility index (Phi) is 5.64. The highest BCUT2D eigenvalue weighted by Crippen LogP contribution is 2.27. The van der Waals surface area contributed by atoms with E-state index < -0.39 is 6.10 Å². The Balaban J connectivity index is 1.71. The molecule has 3 atom stereocenters. The Bertz CT molecular complexity index is 289. The van der Waals surface area contributed by atoms with Crippen molar-refractivity contribution in [3.8, 4) is 0 Å². The van der Waals surface area contributed by atoms with E-state index in [4.69, 9.17) is 4.74 Å². The molecule has 2 fully saturated rings. The third-order valence-corrected chi connectivity index (χ3v) is 4.53. The first kappa shape index (κ1) is 14.8. The maximum absolute atomic E-state index is 12.0. The van der Waals surface area contributed by atoms with Crippen LogP contribution in [-0.4, -0.2) is 35.9 Å². The molecule has 1 aliphatic carbocycles. The minimum absolute atomic E-state index is 0.0337. The highest BCUT2D eigenvalue weighted by Gasteiger charge is 2.35. The summed E-state index contributed by atoms with van der Waals surface area (Å²) in [6.45, 7) is 2.36. The first-order chi connectivity index (χ1) is 9.20. The summed E-state index contributed by atoms with van der Waals surface area (Å²) in [6.07, 6.45) is 8.37. The fourth-order valence-electron chi connectivity index (χ4n) is 3.31. The Hall–Kier alpha value is -0.610. The number of amides is 1. The molecule has 2 rings (SSSR count). The third-order valence-electron chi connectivity index (χ3n) is 4.53. The van der Waals surface area contributed by atoms with Crippen LogP contribution in [0.5, 0.6) is 0 Å². The molecule has 2 aliphatic rings. The molecule has 1 saturated carbocycles. The van der Waals surface area contributed by atoms with Crippen molar-refractivity contribution in [3.63, 3.8) is 0 Å². The van der Waals surface area contributed by atoms with Gasteiger partial charge in [-0.05, 0) is 18.8 Å². The summed E-state index contributed by atoms with van der Waals surface area (Å²) in [7, 11) is 0. The zero-order valence-corrected chi connectivity index (χ0v) is 11.9. The van der Waals surface area contributed by atoms with Crippen LogP contribution in [0.3, 0.4) is 0 Å². The highest BCUT2D eigenvalue weighted by molar-refractivity contribution is 5.76. The molecule has 4 heteroatoms. The zero-order valence-electron chi connectivity index (χ0n) is 11.9. The second-order valence-corrected chi connectivity index (χ2v) is 5.98. The Morgan fingerprint density at radius 2 is 2.05 bits per heavy atom. The van der Waals surface area contributed by atoms with Gasteiger partial charge in [-0.25, -0.2) is 0 Å². The second-order valence-electron chi connectivity index (χ2n) is 5.98. The molecule has 0 aromatic carbocycles. The first-order valence-corrected chi connectivity index (χ1v) is 7.79. The van der Waals surface area contributed by atoms with Gasteiger partial charge >= 0.3 is 0 Å². The molecule has 2 N–H and O–H groups in total. The van der Waals surface area contributed by atoms with Crippen LogP contribution in [0.4, 0.5) is 0 Å². The topological polar surface area (TPSA) is 58.6 Å². The number of hydrogen-bond donors (Lipinski definition) is 2. The van der Waals surface area contributed by atoms with Crippen molar-refractivity contribution in [3.05, 3.63) is 0 Å². The maximum atomic E-state index is 12.0. The van der Waals surface area contributed by atoms with E-state index in [1.807, 2.05) is 6.92 Å². The molecule has 1 unspecified atom stereocenters. The number of carbonyl (C=O) groups excluding carboxylic acids is 1. The van der Waals surface area contributed by atoms with Gasteiger partial charge in [-0.15, -0.1) is 0 Å². The highest BCUT2D eigenvalue weighted by atomic mass is 16.5. The average molecular weight is 269 g/mol. The van der Waals surface area contributed by atoms with Gasteiger partial charge in [0.05, 0.1) is 18.8 Å². The SMILES string of the molecule is CC[C@@H]1OCC(O)[C@@H]1NC(=O)CCC1CCCCC1. The largest absolute Gasteiger partial charge is 0.388 e. The maximum Gasteiger partial charge on any atom is 0.220 e.